The first-order valence-corrected chi connectivity index (χ1v) is 7.28. The maximum Gasteiger partial charge on any atom is 0.0862 e. The second-order valence-electron chi connectivity index (χ2n) is 5.66. The summed E-state index contributed by atoms with van der Waals surface area (Å²) in [5.41, 5.74) is 7.50. The molecule has 1 unspecified atom stereocenters. The molecule has 1 atom stereocenters. The van der Waals surface area contributed by atoms with E-state index < -0.39 is 6.10 Å². The van der Waals surface area contributed by atoms with Crippen LogP contribution in [0.4, 0.5) is 5.69 Å². The van der Waals surface area contributed by atoms with E-state index in [2.05, 4.69) is 36.0 Å². The van der Waals surface area contributed by atoms with Gasteiger partial charge in [0.1, 0.15) is 0 Å². The summed E-state index contributed by atoms with van der Waals surface area (Å²) >= 11 is 0. The summed E-state index contributed by atoms with van der Waals surface area (Å²) < 4.78 is 1.68. The van der Waals surface area contributed by atoms with Gasteiger partial charge in [0.25, 0.3) is 0 Å². The second kappa shape index (κ2) is 7.24. The third kappa shape index (κ3) is 4.88. The van der Waals surface area contributed by atoms with Gasteiger partial charge in [-0.05, 0) is 19.4 Å². The molecule has 114 valence electrons. The lowest BCUT2D eigenvalue weighted by Crippen LogP contribution is -2.38. The highest BCUT2D eigenvalue weighted by atomic mass is 16.3. The normalized spacial score (nSPS) is 13.0. The fourth-order valence-electron chi connectivity index (χ4n) is 2.30. The van der Waals surface area contributed by atoms with Crippen molar-refractivity contribution in [1.82, 2.24) is 14.7 Å². The van der Waals surface area contributed by atoms with Gasteiger partial charge in [0.2, 0.25) is 0 Å². The molecule has 0 saturated carbocycles. The fraction of sp³-hybridized carbons (Fsp3) is 0.438. The Morgan fingerprint density at radius 3 is 2.57 bits per heavy atom. The van der Waals surface area contributed by atoms with Gasteiger partial charge in [-0.15, -0.1) is 0 Å². The molecule has 2 aromatic rings. The minimum absolute atomic E-state index is 0.363. The Kier molecular flexibility index (Phi) is 5.36. The third-order valence-corrected chi connectivity index (χ3v) is 3.46. The lowest BCUT2D eigenvalue weighted by Gasteiger charge is -2.28. The fourth-order valence-corrected chi connectivity index (χ4v) is 2.30. The maximum atomic E-state index is 10.3. The molecule has 5 heteroatoms. The van der Waals surface area contributed by atoms with Gasteiger partial charge in [0, 0.05) is 25.3 Å². The van der Waals surface area contributed by atoms with Crippen molar-refractivity contribution in [2.24, 2.45) is 0 Å². The van der Waals surface area contributed by atoms with E-state index in [4.69, 9.17) is 5.73 Å². The molecule has 3 N–H and O–H groups in total. The van der Waals surface area contributed by atoms with Gasteiger partial charge in [-0.25, -0.2) is 0 Å². The van der Waals surface area contributed by atoms with Crippen molar-refractivity contribution in [1.29, 1.82) is 0 Å². The lowest BCUT2D eigenvalue weighted by atomic mass is 10.1. The van der Waals surface area contributed by atoms with Crippen LogP contribution in [-0.2, 0) is 13.1 Å². The van der Waals surface area contributed by atoms with E-state index >= 15 is 0 Å². The van der Waals surface area contributed by atoms with E-state index in [0.717, 1.165) is 6.54 Å². The highest BCUT2D eigenvalue weighted by Gasteiger charge is 2.16. The van der Waals surface area contributed by atoms with Crippen molar-refractivity contribution < 1.29 is 5.11 Å². The van der Waals surface area contributed by atoms with Gasteiger partial charge in [-0.2, -0.15) is 5.10 Å². The maximum absolute atomic E-state index is 10.3. The zero-order valence-corrected chi connectivity index (χ0v) is 12.7. The van der Waals surface area contributed by atoms with E-state index in [-0.39, 0.29) is 0 Å². The third-order valence-electron chi connectivity index (χ3n) is 3.46. The number of aliphatic hydroxyl groups is 1. The van der Waals surface area contributed by atoms with E-state index in [9.17, 15) is 5.11 Å². The minimum atomic E-state index is -0.476. The van der Waals surface area contributed by atoms with Gasteiger partial charge < -0.3 is 10.8 Å². The molecule has 0 aliphatic carbocycles. The van der Waals surface area contributed by atoms with Crippen LogP contribution in [0.3, 0.4) is 0 Å². The Morgan fingerprint density at radius 2 is 2.00 bits per heavy atom. The molecule has 5 nitrogen and oxygen atoms in total. The second-order valence-corrected chi connectivity index (χ2v) is 5.66. The summed E-state index contributed by atoms with van der Waals surface area (Å²) in [6.45, 7) is 6.17. The number of nitrogen functional groups attached to an aromatic ring is 1. The van der Waals surface area contributed by atoms with E-state index in [1.807, 2.05) is 18.2 Å². The van der Waals surface area contributed by atoms with Gasteiger partial charge >= 0.3 is 0 Å². The molecule has 0 bridgehead atoms. The van der Waals surface area contributed by atoms with Crippen LogP contribution in [0.25, 0.3) is 0 Å². The van der Waals surface area contributed by atoms with Gasteiger partial charge in [-0.3, -0.25) is 9.58 Å². The van der Waals surface area contributed by atoms with Gasteiger partial charge in [-0.1, -0.05) is 30.3 Å². The molecule has 21 heavy (non-hydrogen) atoms. The standard InChI is InChI=1S/C16H24N4O/c1-13(2)19(9-14-6-4-3-5-7-14)11-16(21)12-20-10-15(17)8-18-20/h3-8,10,13,16,21H,9,11-12,17H2,1-2H3. The summed E-state index contributed by atoms with van der Waals surface area (Å²) in [5, 5.41) is 14.4. The van der Waals surface area contributed by atoms with Gasteiger partial charge in [0.15, 0.2) is 0 Å². The molecule has 0 amide bonds. The molecule has 1 heterocycles. The SMILES string of the molecule is CC(C)N(Cc1ccccc1)CC(O)Cn1cc(N)cn1. The quantitative estimate of drug-likeness (QED) is 0.814. The monoisotopic (exact) mass is 288 g/mol. The number of hydrogen-bond acceptors (Lipinski definition) is 4. The summed E-state index contributed by atoms with van der Waals surface area (Å²) in [4.78, 5) is 2.26. The van der Waals surface area contributed by atoms with E-state index in [1.165, 1.54) is 5.56 Å². The molecule has 0 saturated heterocycles. The predicted octanol–water partition coefficient (Wildman–Crippen LogP) is 1.74. The number of anilines is 1. The Bertz CT molecular complexity index is 538. The summed E-state index contributed by atoms with van der Waals surface area (Å²) in [5.74, 6) is 0. The largest absolute Gasteiger partial charge is 0.396 e. The molecular weight excluding hydrogens is 264 g/mol. The molecule has 0 fully saturated rings. The van der Waals surface area contributed by atoms with Crippen LogP contribution in [0.1, 0.15) is 19.4 Å². The Hall–Kier alpha value is -1.85. The average Bonchev–Trinajstić information content (AvgIpc) is 2.84. The number of nitrogens with zero attached hydrogens (tertiary/aromatic N) is 3. The van der Waals surface area contributed by atoms with Crippen molar-refractivity contribution >= 4 is 5.69 Å². The van der Waals surface area contributed by atoms with Crippen molar-refractivity contribution in [3.05, 3.63) is 48.3 Å². The number of benzene rings is 1. The van der Waals surface area contributed by atoms with E-state index in [1.54, 1.807) is 17.1 Å². The van der Waals surface area contributed by atoms with Crippen molar-refractivity contribution in [3.63, 3.8) is 0 Å². The molecule has 0 spiro atoms. The van der Waals surface area contributed by atoms with Crippen LogP contribution in [0, 0.1) is 0 Å². The predicted molar refractivity (Wildman–Crippen MR) is 84.6 cm³/mol. The highest BCUT2D eigenvalue weighted by Crippen LogP contribution is 2.10. The van der Waals surface area contributed by atoms with Crippen molar-refractivity contribution in [2.75, 3.05) is 12.3 Å². The number of aliphatic hydroxyl groups excluding tert-OH is 1. The first-order valence-electron chi connectivity index (χ1n) is 7.28. The zero-order chi connectivity index (χ0) is 15.2. The van der Waals surface area contributed by atoms with E-state index in [0.29, 0.717) is 24.8 Å². The highest BCUT2D eigenvalue weighted by molar-refractivity contribution is 5.30. The van der Waals surface area contributed by atoms with Crippen LogP contribution in [0.2, 0.25) is 0 Å². The molecule has 2 rings (SSSR count). The summed E-state index contributed by atoms with van der Waals surface area (Å²) in [7, 11) is 0. The number of rotatable bonds is 7. The average molecular weight is 288 g/mol. The van der Waals surface area contributed by atoms with Crippen molar-refractivity contribution in [2.45, 2.75) is 39.1 Å². The topological polar surface area (TPSA) is 67.3 Å². The van der Waals surface area contributed by atoms with Crippen LogP contribution in [-0.4, -0.2) is 38.5 Å². The smallest absolute Gasteiger partial charge is 0.0862 e. The number of hydrogen-bond donors (Lipinski definition) is 2. The molecule has 1 aromatic carbocycles. The Balaban J connectivity index is 1.92. The van der Waals surface area contributed by atoms with Gasteiger partial charge in [0.05, 0.1) is 24.5 Å². The molecule has 0 aliphatic heterocycles. The first-order chi connectivity index (χ1) is 10.0. The Morgan fingerprint density at radius 1 is 1.29 bits per heavy atom. The Labute approximate surface area is 126 Å². The molecule has 0 aliphatic rings. The number of nitrogens with two attached hydrogens (primary N) is 1. The van der Waals surface area contributed by atoms with Crippen LogP contribution in [0.15, 0.2) is 42.7 Å². The number of aromatic nitrogens is 2. The molecular formula is C16H24N4O. The van der Waals surface area contributed by atoms with Crippen LogP contribution < -0.4 is 5.73 Å². The summed E-state index contributed by atoms with van der Waals surface area (Å²) in [6.07, 6.45) is 2.85. The lowest BCUT2D eigenvalue weighted by molar-refractivity contribution is 0.0762. The zero-order valence-electron chi connectivity index (χ0n) is 12.7. The van der Waals surface area contributed by atoms with Crippen molar-refractivity contribution in [3.8, 4) is 0 Å². The molecule has 0 radical (unpaired) electrons. The first kappa shape index (κ1) is 15.5. The molecule has 1 aromatic heterocycles. The summed E-state index contributed by atoms with van der Waals surface area (Å²) in [6, 6.07) is 10.7. The van der Waals surface area contributed by atoms with Crippen LogP contribution >= 0.6 is 0 Å². The minimum Gasteiger partial charge on any atom is -0.396 e. The van der Waals surface area contributed by atoms with Crippen LogP contribution in [0.5, 0.6) is 0 Å².